The van der Waals surface area contributed by atoms with Crippen LogP contribution in [0.1, 0.15) is 25.0 Å². The van der Waals surface area contributed by atoms with Gasteiger partial charge < -0.3 is 15.2 Å². The van der Waals surface area contributed by atoms with Gasteiger partial charge in [-0.05, 0) is 13.0 Å². The maximum atomic E-state index is 10.6. The van der Waals surface area contributed by atoms with Crippen molar-refractivity contribution in [3.05, 3.63) is 29.3 Å². The Labute approximate surface area is 102 Å². The van der Waals surface area contributed by atoms with Crippen LogP contribution in [0.4, 0.5) is 4.79 Å². The van der Waals surface area contributed by atoms with E-state index in [0.717, 1.165) is 16.9 Å². The zero-order valence-electron chi connectivity index (χ0n) is 10.7. The lowest BCUT2D eigenvalue weighted by Crippen LogP contribution is -2.36. The van der Waals surface area contributed by atoms with Gasteiger partial charge in [0.25, 0.3) is 0 Å². The molecular formula is C13H19NO3. The van der Waals surface area contributed by atoms with Crippen molar-refractivity contribution < 1.29 is 14.6 Å². The summed E-state index contributed by atoms with van der Waals surface area (Å²) in [5.41, 5.74) is 1.83. The second-order valence-electron chi connectivity index (χ2n) is 4.75. The number of methoxy groups -OCH3 is 1. The highest BCUT2D eigenvalue weighted by Gasteiger charge is 2.25. The highest BCUT2D eigenvalue weighted by Crippen LogP contribution is 2.31. The Kier molecular flexibility index (Phi) is 3.99. The number of hydrogen-bond acceptors (Lipinski definition) is 2. The van der Waals surface area contributed by atoms with Crippen molar-refractivity contribution in [1.82, 2.24) is 5.32 Å². The second-order valence-corrected chi connectivity index (χ2v) is 4.75. The maximum Gasteiger partial charge on any atom is 0.404 e. The Hall–Kier alpha value is -1.71. The molecule has 2 N–H and O–H groups in total. The molecule has 0 fully saturated rings. The summed E-state index contributed by atoms with van der Waals surface area (Å²) in [6.07, 6.45) is -1.01. The Balaban J connectivity index is 3.03. The molecule has 0 unspecified atom stereocenters. The third-order valence-electron chi connectivity index (χ3n) is 2.77. The van der Waals surface area contributed by atoms with Crippen LogP contribution in [-0.4, -0.2) is 24.9 Å². The molecule has 1 aromatic carbocycles. The molecule has 0 radical (unpaired) electrons. The Morgan fingerprint density at radius 1 is 1.47 bits per heavy atom. The summed E-state index contributed by atoms with van der Waals surface area (Å²) in [4.78, 5) is 10.6. The SMILES string of the molecule is COc1ccc(C)cc1C(C)(C)CNC(=O)O. The summed E-state index contributed by atoms with van der Waals surface area (Å²) in [7, 11) is 1.62. The predicted octanol–water partition coefficient (Wildman–Crippen LogP) is 2.55. The highest BCUT2D eigenvalue weighted by molar-refractivity contribution is 5.64. The number of nitrogens with one attached hydrogen (secondary N) is 1. The van der Waals surface area contributed by atoms with Crippen molar-refractivity contribution in [2.75, 3.05) is 13.7 Å². The first kappa shape index (κ1) is 13.4. The Morgan fingerprint density at radius 3 is 2.65 bits per heavy atom. The van der Waals surface area contributed by atoms with Gasteiger partial charge in [0.1, 0.15) is 5.75 Å². The smallest absolute Gasteiger partial charge is 0.404 e. The summed E-state index contributed by atoms with van der Waals surface area (Å²) >= 11 is 0. The number of carbonyl (C=O) groups is 1. The molecule has 1 rings (SSSR count). The standard InChI is InChI=1S/C13H19NO3/c1-9-5-6-11(17-4)10(7-9)13(2,3)8-14-12(15)16/h5-7,14H,8H2,1-4H3,(H,15,16). The molecule has 17 heavy (non-hydrogen) atoms. The van der Waals surface area contributed by atoms with Crippen LogP contribution in [0.3, 0.4) is 0 Å². The van der Waals surface area contributed by atoms with Gasteiger partial charge in [0.2, 0.25) is 0 Å². The molecule has 0 aliphatic carbocycles. The maximum absolute atomic E-state index is 10.6. The molecule has 1 aromatic rings. The lowest BCUT2D eigenvalue weighted by molar-refractivity contribution is 0.191. The van der Waals surface area contributed by atoms with E-state index in [1.54, 1.807) is 7.11 Å². The molecule has 0 saturated heterocycles. The Bertz CT molecular complexity index is 413. The zero-order valence-corrected chi connectivity index (χ0v) is 10.7. The molecule has 0 bridgehead atoms. The molecule has 0 aliphatic rings. The van der Waals surface area contributed by atoms with E-state index in [4.69, 9.17) is 9.84 Å². The summed E-state index contributed by atoms with van der Waals surface area (Å²) < 4.78 is 5.32. The summed E-state index contributed by atoms with van der Waals surface area (Å²) in [5.74, 6) is 0.785. The fourth-order valence-corrected chi connectivity index (χ4v) is 1.74. The third-order valence-corrected chi connectivity index (χ3v) is 2.77. The average molecular weight is 237 g/mol. The fraction of sp³-hybridized carbons (Fsp3) is 0.462. The minimum Gasteiger partial charge on any atom is -0.496 e. The number of hydrogen-bond donors (Lipinski definition) is 2. The molecule has 4 nitrogen and oxygen atoms in total. The lowest BCUT2D eigenvalue weighted by atomic mass is 9.83. The van der Waals surface area contributed by atoms with Crippen molar-refractivity contribution in [2.45, 2.75) is 26.2 Å². The van der Waals surface area contributed by atoms with Gasteiger partial charge in [0.15, 0.2) is 0 Å². The van der Waals surface area contributed by atoms with Crippen molar-refractivity contribution in [2.24, 2.45) is 0 Å². The van der Waals surface area contributed by atoms with E-state index in [1.807, 2.05) is 39.0 Å². The van der Waals surface area contributed by atoms with Crippen LogP contribution in [0.25, 0.3) is 0 Å². The van der Waals surface area contributed by atoms with Crippen LogP contribution < -0.4 is 10.1 Å². The monoisotopic (exact) mass is 237 g/mol. The van der Waals surface area contributed by atoms with Gasteiger partial charge in [-0.2, -0.15) is 0 Å². The van der Waals surface area contributed by atoms with Crippen LogP contribution in [-0.2, 0) is 5.41 Å². The van der Waals surface area contributed by atoms with Crippen LogP contribution in [0, 0.1) is 6.92 Å². The van der Waals surface area contributed by atoms with Crippen LogP contribution in [0.15, 0.2) is 18.2 Å². The van der Waals surface area contributed by atoms with Crippen LogP contribution in [0.2, 0.25) is 0 Å². The second kappa shape index (κ2) is 5.08. The third kappa shape index (κ3) is 3.37. The highest BCUT2D eigenvalue weighted by atomic mass is 16.5. The van der Waals surface area contributed by atoms with Gasteiger partial charge in [0.05, 0.1) is 7.11 Å². The zero-order chi connectivity index (χ0) is 13.1. The molecule has 0 atom stereocenters. The predicted molar refractivity (Wildman–Crippen MR) is 66.8 cm³/mol. The molecule has 0 aromatic heterocycles. The van der Waals surface area contributed by atoms with Gasteiger partial charge in [-0.25, -0.2) is 4.79 Å². The number of amides is 1. The van der Waals surface area contributed by atoms with E-state index in [1.165, 1.54) is 0 Å². The molecule has 1 amide bonds. The van der Waals surface area contributed by atoms with Gasteiger partial charge in [-0.3, -0.25) is 0 Å². The van der Waals surface area contributed by atoms with Gasteiger partial charge in [0, 0.05) is 17.5 Å². The first-order valence-electron chi connectivity index (χ1n) is 5.49. The van der Waals surface area contributed by atoms with Gasteiger partial charge in [-0.15, -0.1) is 0 Å². The first-order valence-corrected chi connectivity index (χ1v) is 5.49. The average Bonchev–Trinajstić information content (AvgIpc) is 2.26. The summed E-state index contributed by atoms with van der Waals surface area (Å²) in [6, 6.07) is 5.92. The van der Waals surface area contributed by atoms with Gasteiger partial charge in [-0.1, -0.05) is 31.5 Å². The number of ether oxygens (including phenoxy) is 1. The minimum atomic E-state index is -1.01. The minimum absolute atomic E-state index is 0.310. The van der Waals surface area contributed by atoms with E-state index in [2.05, 4.69) is 5.32 Å². The Morgan fingerprint density at radius 2 is 2.12 bits per heavy atom. The van der Waals surface area contributed by atoms with Crippen molar-refractivity contribution in [3.8, 4) is 5.75 Å². The number of carboxylic acid groups (broad SMARTS) is 1. The quantitative estimate of drug-likeness (QED) is 0.846. The molecule has 0 spiro atoms. The van der Waals surface area contributed by atoms with Crippen LogP contribution >= 0.6 is 0 Å². The van der Waals surface area contributed by atoms with Crippen LogP contribution in [0.5, 0.6) is 5.75 Å². The van der Waals surface area contributed by atoms with E-state index in [9.17, 15) is 4.79 Å². The van der Waals surface area contributed by atoms with Crippen molar-refractivity contribution in [1.29, 1.82) is 0 Å². The van der Waals surface area contributed by atoms with Gasteiger partial charge >= 0.3 is 6.09 Å². The topological polar surface area (TPSA) is 58.6 Å². The largest absolute Gasteiger partial charge is 0.496 e. The molecule has 0 heterocycles. The van der Waals surface area contributed by atoms with Crippen molar-refractivity contribution >= 4 is 6.09 Å². The summed E-state index contributed by atoms with van der Waals surface area (Å²) in [6.45, 7) is 6.33. The van der Waals surface area contributed by atoms with E-state index >= 15 is 0 Å². The molecule has 0 aliphatic heterocycles. The first-order chi connectivity index (χ1) is 7.86. The molecule has 4 heteroatoms. The number of rotatable bonds is 4. The van der Waals surface area contributed by atoms with E-state index in [-0.39, 0.29) is 5.41 Å². The lowest BCUT2D eigenvalue weighted by Gasteiger charge is -2.27. The summed E-state index contributed by atoms with van der Waals surface area (Å²) in [5, 5.41) is 11.1. The molecular weight excluding hydrogens is 218 g/mol. The fourth-order valence-electron chi connectivity index (χ4n) is 1.74. The number of aryl methyl sites for hydroxylation is 1. The number of benzene rings is 1. The van der Waals surface area contributed by atoms with E-state index < -0.39 is 6.09 Å². The van der Waals surface area contributed by atoms with E-state index in [0.29, 0.717) is 6.54 Å². The normalized spacial score (nSPS) is 11.1. The molecule has 94 valence electrons. The molecule has 0 saturated carbocycles. The van der Waals surface area contributed by atoms with Crippen molar-refractivity contribution in [3.63, 3.8) is 0 Å².